The minimum atomic E-state index is 0.605. The summed E-state index contributed by atoms with van der Waals surface area (Å²) in [6, 6.07) is 1.52. The highest BCUT2D eigenvalue weighted by Crippen LogP contribution is 2.67. The third kappa shape index (κ3) is 2.72. The molecule has 4 saturated carbocycles. The molecule has 4 rings (SSSR count). The van der Waals surface area contributed by atoms with Crippen molar-refractivity contribution in [3.05, 3.63) is 0 Å². The Labute approximate surface area is 162 Å². The Bertz CT molecular complexity index is 516. The van der Waals surface area contributed by atoms with Crippen molar-refractivity contribution in [1.29, 1.82) is 0 Å². The van der Waals surface area contributed by atoms with Crippen molar-refractivity contribution < 1.29 is 0 Å². The maximum absolute atomic E-state index is 3.60. The van der Waals surface area contributed by atoms with Crippen LogP contribution in [-0.2, 0) is 0 Å². The molecular formula is C24H44N2. The Hall–Kier alpha value is -0.0800. The summed E-state index contributed by atoms with van der Waals surface area (Å²) in [5.41, 5.74) is 1.25. The number of fused-ring (bicyclic) bond motifs is 5. The predicted molar refractivity (Wildman–Crippen MR) is 111 cm³/mol. The molecule has 4 aliphatic rings. The van der Waals surface area contributed by atoms with Crippen LogP contribution >= 0.6 is 0 Å². The Morgan fingerprint density at radius 2 is 1.58 bits per heavy atom. The lowest BCUT2D eigenvalue weighted by Crippen LogP contribution is -2.55. The van der Waals surface area contributed by atoms with Crippen molar-refractivity contribution in [2.24, 2.45) is 40.4 Å². The molecule has 0 bridgehead atoms. The summed E-state index contributed by atoms with van der Waals surface area (Å²) in [6.07, 6.45) is 13.4. The van der Waals surface area contributed by atoms with E-state index in [0.717, 1.165) is 35.6 Å². The zero-order chi connectivity index (χ0) is 18.7. The number of hydrogen-bond donors (Lipinski definition) is 1. The Morgan fingerprint density at radius 3 is 2.27 bits per heavy atom. The number of rotatable bonds is 3. The summed E-state index contributed by atoms with van der Waals surface area (Å²) in [7, 11) is 6.77. The van der Waals surface area contributed by atoms with Gasteiger partial charge in [0, 0.05) is 12.1 Å². The van der Waals surface area contributed by atoms with Crippen LogP contribution in [0, 0.1) is 40.4 Å². The van der Waals surface area contributed by atoms with Gasteiger partial charge >= 0.3 is 0 Å². The van der Waals surface area contributed by atoms with Crippen LogP contribution in [0.1, 0.15) is 78.6 Å². The molecule has 1 N–H and O–H groups in total. The molecule has 2 nitrogen and oxygen atoms in total. The predicted octanol–water partition coefficient (Wildman–Crippen LogP) is 5.18. The van der Waals surface area contributed by atoms with Gasteiger partial charge in [-0.1, -0.05) is 13.8 Å². The molecule has 9 unspecified atom stereocenters. The van der Waals surface area contributed by atoms with Crippen LogP contribution in [-0.4, -0.2) is 38.1 Å². The van der Waals surface area contributed by atoms with Gasteiger partial charge in [0.05, 0.1) is 0 Å². The summed E-state index contributed by atoms with van der Waals surface area (Å²) >= 11 is 0. The molecular weight excluding hydrogens is 316 g/mol. The summed E-state index contributed by atoms with van der Waals surface area (Å²) in [5, 5.41) is 3.60. The number of hydrogen-bond acceptors (Lipinski definition) is 2. The summed E-state index contributed by atoms with van der Waals surface area (Å²) < 4.78 is 0. The van der Waals surface area contributed by atoms with Crippen molar-refractivity contribution in [2.45, 2.75) is 90.6 Å². The zero-order valence-corrected chi connectivity index (χ0v) is 18.4. The molecule has 0 saturated heterocycles. The Morgan fingerprint density at radius 1 is 0.885 bits per heavy atom. The van der Waals surface area contributed by atoms with E-state index in [1.807, 2.05) is 0 Å². The second kappa shape index (κ2) is 6.76. The molecule has 0 amide bonds. The molecule has 0 aromatic carbocycles. The van der Waals surface area contributed by atoms with Crippen LogP contribution in [0.25, 0.3) is 0 Å². The molecule has 0 heterocycles. The average molecular weight is 361 g/mol. The topological polar surface area (TPSA) is 15.3 Å². The molecule has 26 heavy (non-hydrogen) atoms. The van der Waals surface area contributed by atoms with Crippen LogP contribution in [0.2, 0.25) is 0 Å². The van der Waals surface area contributed by atoms with E-state index in [1.54, 1.807) is 0 Å². The highest BCUT2D eigenvalue weighted by Gasteiger charge is 2.60. The van der Waals surface area contributed by atoms with Crippen LogP contribution in [0.15, 0.2) is 0 Å². The van der Waals surface area contributed by atoms with Crippen molar-refractivity contribution in [2.75, 3.05) is 21.1 Å². The molecule has 9 atom stereocenters. The van der Waals surface area contributed by atoms with Gasteiger partial charge < -0.3 is 10.2 Å². The van der Waals surface area contributed by atoms with Crippen molar-refractivity contribution >= 4 is 0 Å². The molecule has 4 fully saturated rings. The first-order valence-electron chi connectivity index (χ1n) is 11.6. The maximum atomic E-state index is 3.60. The quantitative estimate of drug-likeness (QED) is 0.745. The highest BCUT2D eigenvalue weighted by molar-refractivity contribution is 5.10. The lowest BCUT2D eigenvalue weighted by Gasteiger charge is -2.61. The molecule has 150 valence electrons. The minimum absolute atomic E-state index is 0.605. The van der Waals surface area contributed by atoms with Gasteiger partial charge in [-0.2, -0.15) is 0 Å². The van der Waals surface area contributed by atoms with Crippen molar-refractivity contribution in [1.82, 2.24) is 10.2 Å². The summed E-state index contributed by atoms with van der Waals surface area (Å²) in [5.74, 6) is 4.94. The molecule has 0 aliphatic heterocycles. The van der Waals surface area contributed by atoms with Gasteiger partial charge in [-0.15, -0.1) is 0 Å². The monoisotopic (exact) mass is 360 g/mol. The van der Waals surface area contributed by atoms with E-state index in [2.05, 4.69) is 52.1 Å². The number of nitrogens with one attached hydrogen (secondary N) is 1. The molecule has 4 aliphatic carbocycles. The fourth-order valence-corrected chi connectivity index (χ4v) is 8.77. The van der Waals surface area contributed by atoms with Gasteiger partial charge in [-0.05, 0) is 126 Å². The standard InChI is InChI=1S/C24H44N2/c1-16(25-4)20-9-10-21-19-8-7-17-15-18(26(5)6)11-13-23(17,2)22(19)12-14-24(20,21)3/h16-22,25H,7-15H2,1-6H3. The van der Waals surface area contributed by atoms with Crippen LogP contribution in [0.4, 0.5) is 0 Å². The van der Waals surface area contributed by atoms with Gasteiger partial charge in [-0.3, -0.25) is 0 Å². The van der Waals surface area contributed by atoms with E-state index in [0.29, 0.717) is 16.9 Å². The first-order chi connectivity index (χ1) is 12.3. The minimum Gasteiger partial charge on any atom is -0.317 e. The highest BCUT2D eigenvalue weighted by atomic mass is 15.1. The fraction of sp³-hybridized carbons (Fsp3) is 1.00. The van der Waals surface area contributed by atoms with Crippen LogP contribution < -0.4 is 5.32 Å². The second-order valence-electron chi connectivity index (χ2n) is 11.4. The van der Waals surface area contributed by atoms with Crippen LogP contribution in [0.5, 0.6) is 0 Å². The zero-order valence-electron chi connectivity index (χ0n) is 18.4. The molecule has 0 spiro atoms. The third-order valence-corrected chi connectivity index (χ3v) is 10.5. The average Bonchev–Trinajstić information content (AvgIpc) is 2.97. The van der Waals surface area contributed by atoms with Crippen molar-refractivity contribution in [3.8, 4) is 0 Å². The van der Waals surface area contributed by atoms with E-state index in [1.165, 1.54) is 57.8 Å². The number of nitrogens with zero attached hydrogens (tertiary/aromatic N) is 1. The molecule has 0 aromatic rings. The van der Waals surface area contributed by atoms with E-state index in [4.69, 9.17) is 0 Å². The first-order valence-corrected chi connectivity index (χ1v) is 11.6. The molecule has 0 aromatic heterocycles. The van der Waals surface area contributed by atoms with Gasteiger partial charge in [-0.25, -0.2) is 0 Å². The maximum Gasteiger partial charge on any atom is 0.00922 e. The third-order valence-electron chi connectivity index (χ3n) is 10.5. The van der Waals surface area contributed by atoms with Gasteiger partial charge in [0.15, 0.2) is 0 Å². The second-order valence-corrected chi connectivity index (χ2v) is 11.4. The van der Waals surface area contributed by atoms with E-state index in [9.17, 15) is 0 Å². The lowest BCUT2D eigenvalue weighted by molar-refractivity contribution is -0.120. The van der Waals surface area contributed by atoms with E-state index < -0.39 is 0 Å². The summed E-state index contributed by atoms with van der Waals surface area (Å²) in [6.45, 7) is 7.83. The SMILES string of the molecule is CNC(C)C1CCC2C3CCC4CC(N(C)C)CCC4(C)C3CCC12C. The largest absolute Gasteiger partial charge is 0.317 e. The molecule has 0 radical (unpaired) electrons. The van der Waals surface area contributed by atoms with Gasteiger partial charge in [0.1, 0.15) is 0 Å². The van der Waals surface area contributed by atoms with Gasteiger partial charge in [0.25, 0.3) is 0 Å². The van der Waals surface area contributed by atoms with Crippen LogP contribution in [0.3, 0.4) is 0 Å². The first kappa shape index (κ1) is 19.2. The normalized spacial score (nSPS) is 52.3. The van der Waals surface area contributed by atoms with E-state index in [-0.39, 0.29) is 0 Å². The van der Waals surface area contributed by atoms with Gasteiger partial charge in [0.2, 0.25) is 0 Å². The van der Waals surface area contributed by atoms with E-state index >= 15 is 0 Å². The Kier molecular flexibility index (Phi) is 5.01. The fourth-order valence-electron chi connectivity index (χ4n) is 8.77. The Balaban J connectivity index is 1.55. The lowest BCUT2D eigenvalue weighted by atomic mass is 9.44. The smallest absolute Gasteiger partial charge is 0.00922 e. The summed E-state index contributed by atoms with van der Waals surface area (Å²) in [4.78, 5) is 2.50. The molecule has 2 heteroatoms. The van der Waals surface area contributed by atoms with Crippen molar-refractivity contribution in [3.63, 3.8) is 0 Å².